The molecule has 3 aromatic rings. The third-order valence-electron chi connectivity index (χ3n) is 4.86. The maximum Gasteiger partial charge on any atom is 0.339 e. The number of aromatic nitrogens is 2. The number of aryl methyl sites for hydroxylation is 2. The van der Waals surface area contributed by atoms with Crippen LogP contribution in [0.2, 0.25) is 0 Å². The minimum absolute atomic E-state index is 0.0500. The molecular formula is C23H25N3O3. The van der Waals surface area contributed by atoms with E-state index in [9.17, 15) is 9.90 Å². The Hall–Kier alpha value is -3.41. The quantitative estimate of drug-likeness (QED) is 0.624. The number of anilines is 1. The van der Waals surface area contributed by atoms with Gasteiger partial charge in [-0.25, -0.2) is 14.8 Å². The van der Waals surface area contributed by atoms with Crippen molar-refractivity contribution in [3.05, 3.63) is 82.7 Å². The molecule has 29 heavy (non-hydrogen) atoms. The molecule has 0 unspecified atom stereocenters. The molecule has 0 aliphatic rings. The SMILES string of the molecule is Cc1ccc(OCc2nc(N(C)CCc3ccccc3)ncc2C(=O)O)cc1C. The van der Waals surface area contributed by atoms with Crippen LogP contribution in [0, 0.1) is 13.8 Å². The Labute approximate surface area is 170 Å². The summed E-state index contributed by atoms with van der Waals surface area (Å²) in [7, 11) is 1.90. The van der Waals surface area contributed by atoms with Crippen LogP contribution in [0.25, 0.3) is 0 Å². The average molecular weight is 391 g/mol. The molecule has 6 nitrogen and oxygen atoms in total. The average Bonchev–Trinajstić information content (AvgIpc) is 2.73. The molecule has 6 heteroatoms. The number of carboxylic acids is 1. The highest BCUT2D eigenvalue weighted by molar-refractivity contribution is 5.88. The van der Waals surface area contributed by atoms with Crippen molar-refractivity contribution in [2.24, 2.45) is 0 Å². The lowest BCUT2D eigenvalue weighted by Gasteiger charge is -2.18. The molecule has 0 atom stereocenters. The van der Waals surface area contributed by atoms with Gasteiger partial charge in [-0.3, -0.25) is 0 Å². The number of aromatic carboxylic acids is 1. The lowest BCUT2D eigenvalue weighted by atomic mass is 10.1. The first-order valence-corrected chi connectivity index (χ1v) is 9.48. The highest BCUT2D eigenvalue weighted by atomic mass is 16.5. The number of likely N-dealkylation sites (N-methyl/N-ethyl adjacent to an activating group) is 1. The predicted octanol–water partition coefficient (Wildman–Crippen LogP) is 4.05. The predicted molar refractivity (Wildman–Crippen MR) is 113 cm³/mol. The molecule has 0 bridgehead atoms. The molecule has 1 N–H and O–H groups in total. The van der Waals surface area contributed by atoms with Gasteiger partial charge in [-0.1, -0.05) is 36.4 Å². The fraction of sp³-hybridized carbons (Fsp3) is 0.261. The lowest BCUT2D eigenvalue weighted by molar-refractivity contribution is 0.0692. The highest BCUT2D eigenvalue weighted by Crippen LogP contribution is 2.19. The van der Waals surface area contributed by atoms with Gasteiger partial charge in [0.2, 0.25) is 5.95 Å². The van der Waals surface area contributed by atoms with Crippen LogP contribution in [0.5, 0.6) is 5.75 Å². The first-order valence-electron chi connectivity index (χ1n) is 9.48. The third kappa shape index (κ3) is 5.31. The number of nitrogens with zero attached hydrogens (tertiary/aromatic N) is 3. The summed E-state index contributed by atoms with van der Waals surface area (Å²) in [6, 6.07) is 15.9. The lowest BCUT2D eigenvalue weighted by Crippen LogP contribution is -2.24. The topological polar surface area (TPSA) is 75.5 Å². The Morgan fingerprint density at radius 2 is 1.86 bits per heavy atom. The maximum atomic E-state index is 11.6. The zero-order chi connectivity index (χ0) is 20.8. The van der Waals surface area contributed by atoms with Gasteiger partial charge in [-0.05, 0) is 49.1 Å². The molecule has 150 valence electrons. The Morgan fingerprint density at radius 1 is 1.10 bits per heavy atom. The van der Waals surface area contributed by atoms with E-state index in [1.54, 1.807) is 0 Å². The Balaban J connectivity index is 1.74. The summed E-state index contributed by atoms with van der Waals surface area (Å²) in [6.07, 6.45) is 2.19. The van der Waals surface area contributed by atoms with Crippen LogP contribution in [0.3, 0.4) is 0 Å². The van der Waals surface area contributed by atoms with Crippen LogP contribution in [0.1, 0.15) is 32.7 Å². The smallest absolute Gasteiger partial charge is 0.339 e. The van der Waals surface area contributed by atoms with E-state index in [0.717, 1.165) is 12.0 Å². The number of hydrogen-bond acceptors (Lipinski definition) is 5. The largest absolute Gasteiger partial charge is 0.487 e. The van der Waals surface area contributed by atoms with Crippen LogP contribution < -0.4 is 9.64 Å². The summed E-state index contributed by atoms with van der Waals surface area (Å²) in [6.45, 7) is 4.82. The minimum atomic E-state index is -1.07. The van der Waals surface area contributed by atoms with Crippen molar-refractivity contribution >= 4 is 11.9 Å². The van der Waals surface area contributed by atoms with Gasteiger partial charge in [-0.2, -0.15) is 0 Å². The Bertz CT molecular complexity index is 990. The van der Waals surface area contributed by atoms with Crippen molar-refractivity contribution in [1.82, 2.24) is 9.97 Å². The van der Waals surface area contributed by atoms with Gasteiger partial charge in [0.05, 0.1) is 5.69 Å². The van der Waals surface area contributed by atoms with Gasteiger partial charge in [0.25, 0.3) is 0 Å². The summed E-state index contributed by atoms with van der Waals surface area (Å²) < 4.78 is 5.81. The van der Waals surface area contributed by atoms with Gasteiger partial charge >= 0.3 is 5.97 Å². The molecule has 0 spiro atoms. The van der Waals surface area contributed by atoms with E-state index in [1.165, 1.54) is 17.3 Å². The fourth-order valence-electron chi connectivity index (χ4n) is 2.88. The van der Waals surface area contributed by atoms with E-state index in [-0.39, 0.29) is 12.2 Å². The van der Waals surface area contributed by atoms with Crippen molar-refractivity contribution in [3.63, 3.8) is 0 Å². The number of rotatable bonds is 8. The Morgan fingerprint density at radius 3 is 2.55 bits per heavy atom. The summed E-state index contributed by atoms with van der Waals surface area (Å²) in [5.41, 5.74) is 3.92. The van der Waals surface area contributed by atoms with Crippen LogP contribution in [-0.2, 0) is 13.0 Å². The molecule has 0 saturated carbocycles. The van der Waals surface area contributed by atoms with Crippen molar-refractivity contribution in [1.29, 1.82) is 0 Å². The zero-order valence-corrected chi connectivity index (χ0v) is 16.9. The van der Waals surface area contributed by atoms with Crippen LogP contribution in [-0.4, -0.2) is 34.6 Å². The molecule has 2 aromatic carbocycles. The monoisotopic (exact) mass is 391 g/mol. The molecule has 0 fully saturated rings. The van der Waals surface area contributed by atoms with E-state index in [1.807, 2.05) is 62.2 Å². The van der Waals surface area contributed by atoms with Crippen LogP contribution >= 0.6 is 0 Å². The minimum Gasteiger partial charge on any atom is -0.487 e. The van der Waals surface area contributed by atoms with Crippen molar-refractivity contribution in [3.8, 4) is 5.75 Å². The molecular weight excluding hydrogens is 366 g/mol. The molecule has 1 heterocycles. The van der Waals surface area contributed by atoms with Gasteiger partial charge in [0, 0.05) is 19.8 Å². The zero-order valence-electron chi connectivity index (χ0n) is 16.9. The summed E-state index contributed by atoms with van der Waals surface area (Å²) in [5, 5.41) is 9.48. The molecule has 0 saturated heterocycles. The molecule has 0 aliphatic heterocycles. The molecule has 0 radical (unpaired) electrons. The van der Waals surface area contributed by atoms with E-state index in [0.29, 0.717) is 23.9 Å². The number of carboxylic acid groups (broad SMARTS) is 1. The van der Waals surface area contributed by atoms with Gasteiger partial charge in [-0.15, -0.1) is 0 Å². The van der Waals surface area contributed by atoms with E-state index < -0.39 is 5.97 Å². The van der Waals surface area contributed by atoms with Crippen molar-refractivity contribution in [2.45, 2.75) is 26.9 Å². The van der Waals surface area contributed by atoms with Crippen molar-refractivity contribution in [2.75, 3.05) is 18.5 Å². The van der Waals surface area contributed by atoms with Crippen molar-refractivity contribution < 1.29 is 14.6 Å². The summed E-state index contributed by atoms with van der Waals surface area (Å²) in [4.78, 5) is 22.2. The number of hydrogen-bond donors (Lipinski definition) is 1. The molecule has 3 rings (SSSR count). The number of benzene rings is 2. The molecule has 1 aromatic heterocycles. The Kier molecular flexibility index (Phi) is 6.44. The number of ether oxygens (including phenoxy) is 1. The molecule has 0 aliphatic carbocycles. The van der Waals surface area contributed by atoms with E-state index in [2.05, 4.69) is 22.1 Å². The maximum absolute atomic E-state index is 11.6. The standard InChI is InChI=1S/C23H25N3O3/c1-16-9-10-19(13-17(16)2)29-15-21-20(22(27)28)14-24-23(25-21)26(3)12-11-18-7-5-4-6-8-18/h4-10,13-14H,11-12,15H2,1-3H3,(H,27,28). The van der Waals surface area contributed by atoms with Gasteiger partial charge < -0.3 is 14.7 Å². The second kappa shape index (κ2) is 9.19. The summed E-state index contributed by atoms with van der Waals surface area (Å²) in [5.74, 6) is 0.0915. The van der Waals surface area contributed by atoms with Crippen LogP contribution in [0.4, 0.5) is 5.95 Å². The summed E-state index contributed by atoms with van der Waals surface area (Å²) >= 11 is 0. The van der Waals surface area contributed by atoms with E-state index in [4.69, 9.17) is 4.74 Å². The fourth-order valence-corrected chi connectivity index (χ4v) is 2.88. The second-order valence-electron chi connectivity index (χ2n) is 7.03. The number of carbonyl (C=O) groups is 1. The second-order valence-corrected chi connectivity index (χ2v) is 7.03. The first kappa shape index (κ1) is 20.3. The highest BCUT2D eigenvalue weighted by Gasteiger charge is 2.16. The third-order valence-corrected chi connectivity index (χ3v) is 4.86. The van der Waals surface area contributed by atoms with E-state index >= 15 is 0 Å². The normalized spacial score (nSPS) is 10.6. The van der Waals surface area contributed by atoms with Gasteiger partial charge in [0.1, 0.15) is 17.9 Å². The van der Waals surface area contributed by atoms with Gasteiger partial charge in [0.15, 0.2) is 0 Å². The van der Waals surface area contributed by atoms with Crippen LogP contribution in [0.15, 0.2) is 54.7 Å². The first-order chi connectivity index (χ1) is 13.9. The molecule has 0 amide bonds.